The third kappa shape index (κ3) is 3.68. The fourth-order valence-corrected chi connectivity index (χ4v) is 3.97. The minimum absolute atomic E-state index is 0.0955. The summed E-state index contributed by atoms with van der Waals surface area (Å²) in [5.74, 6) is -0.0955. The van der Waals surface area contributed by atoms with E-state index in [-0.39, 0.29) is 5.91 Å². The molecule has 0 radical (unpaired) electrons. The van der Waals surface area contributed by atoms with Crippen molar-refractivity contribution in [3.05, 3.63) is 53.0 Å². The zero-order valence-electron chi connectivity index (χ0n) is 16.5. The number of H-pyrrole nitrogens is 1. The van der Waals surface area contributed by atoms with Crippen molar-refractivity contribution in [1.29, 1.82) is 0 Å². The van der Waals surface area contributed by atoms with Crippen LogP contribution in [-0.2, 0) is 31.3 Å². The number of hydrogen-bond donors (Lipinski definition) is 2. The summed E-state index contributed by atoms with van der Waals surface area (Å²) in [7, 11) is 3.59. The Balaban J connectivity index is 1.49. The maximum Gasteiger partial charge on any atom is 0.272 e. The number of aromatic nitrogens is 3. The second-order valence-electron chi connectivity index (χ2n) is 7.32. The van der Waals surface area contributed by atoms with Crippen molar-refractivity contribution in [2.24, 2.45) is 7.05 Å². The Morgan fingerprint density at radius 2 is 2.21 bits per heavy atom. The normalized spacial score (nSPS) is 14.4. The number of ether oxygens (including phenoxy) is 1. The first-order valence-electron chi connectivity index (χ1n) is 9.76. The van der Waals surface area contributed by atoms with Crippen molar-refractivity contribution < 1.29 is 9.53 Å². The van der Waals surface area contributed by atoms with Crippen LogP contribution in [0.3, 0.4) is 0 Å². The molecule has 0 spiro atoms. The summed E-state index contributed by atoms with van der Waals surface area (Å²) in [6.07, 6.45) is 3.79. The molecule has 1 aromatic carbocycles. The van der Waals surface area contributed by atoms with Gasteiger partial charge < -0.3 is 15.0 Å². The molecule has 0 bridgehead atoms. The summed E-state index contributed by atoms with van der Waals surface area (Å²) < 4.78 is 6.90. The number of methoxy groups -OCH3 is 1. The van der Waals surface area contributed by atoms with Gasteiger partial charge in [-0.25, -0.2) is 0 Å². The fraction of sp³-hybridized carbons (Fsp3) is 0.429. The van der Waals surface area contributed by atoms with Crippen LogP contribution in [0.25, 0.3) is 10.9 Å². The first kappa shape index (κ1) is 18.7. The number of benzene rings is 1. The molecule has 148 valence electrons. The van der Waals surface area contributed by atoms with E-state index < -0.39 is 0 Å². The average molecular weight is 381 g/mol. The second kappa shape index (κ2) is 8.16. The lowest BCUT2D eigenvalue weighted by atomic mass is 10.0. The van der Waals surface area contributed by atoms with Gasteiger partial charge in [-0.3, -0.25) is 14.4 Å². The SMILES string of the molecule is COCCCNC(=O)c1nn(C)c2c1CN(Cc1c[nH]c3ccccc13)CC2. The zero-order chi connectivity index (χ0) is 19.5. The maximum atomic E-state index is 12.6. The number of carbonyl (C=O) groups is 1. The van der Waals surface area contributed by atoms with Crippen LogP contribution in [0.4, 0.5) is 0 Å². The molecule has 7 heteroatoms. The molecular formula is C21H27N5O2. The van der Waals surface area contributed by atoms with E-state index in [1.165, 1.54) is 10.9 Å². The third-order valence-corrected chi connectivity index (χ3v) is 5.42. The number of hydrogen-bond acceptors (Lipinski definition) is 4. The summed E-state index contributed by atoms with van der Waals surface area (Å²) in [5, 5.41) is 8.74. The van der Waals surface area contributed by atoms with Crippen LogP contribution in [0, 0.1) is 0 Å². The Morgan fingerprint density at radius 1 is 1.36 bits per heavy atom. The second-order valence-corrected chi connectivity index (χ2v) is 7.32. The number of rotatable bonds is 7. The predicted octanol–water partition coefficient (Wildman–Crippen LogP) is 2.23. The van der Waals surface area contributed by atoms with Crippen LogP contribution >= 0.6 is 0 Å². The smallest absolute Gasteiger partial charge is 0.272 e. The highest BCUT2D eigenvalue weighted by atomic mass is 16.5. The number of aryl methyl sites for hydroxylation is 1. The first-order chi connectivity index (χ1) is 13.7. The molecule has 2 N–H and O–H groups in total. The largest absolute Gasteiger partial charge is 0.385 e. The lowest BCUT2D eigenvalue weighted by molar-refractivity contribution is 0.0940. The molecule has 3 aromatic rings. The van der Waals surface area contributed by atoms with E-state index in [0.29, 0.717) is 18.8 Å². The van der Waals surface area contributed by atoms with Crippen LogP contribution in [0.5, 0.6) is 0 Å². The highest BCUT2D eigenvalue weighted by molar-refractivity contribution is 5.94. The van der Waals surface area contributed by atoms with Gasteiger partial charge in [0.05, 0.1) is 0 Å². The van der Waals surface area contributed by atoms with Crippen LogP contribution in [0.1, 0.15) is 33.7 Å². The number of fused-ring (bicyclic) bond motifs is 2. The molecule has 0 unspecified atom stereocenters. The predicted molar refractivity (Wildman–Crippen MR) is 108 cm³/mol. The zero-order valence-corrected chi connectivity index (χ0v) is 16.5. The summed E-state index contributed by atoms with van der Waals surface area (Å²) in [5.41, 5.74) is 5.22. The van der Waals surface area contributed by atoms with Crippen LogP contribution in [0.2, 0.25) is 0 Å². The molecule has 1 amide bonds. The maximum absolute atomic E-state index is 12.6. The number of amides is 1. The van der Waals surface area contributed by atoms with E-state index in [1.54, 1.807) is 7.11 Å². The van der Waals surface area contributed by atoms with Crippen molar-refractivity contribution in [3.63, 3.8) is 0 Å². The molecule has 2 aromatic heterocycles. The fourth-order valence-electron chi connectivity index (χ4n) is 3.97. The molecule has 0 saturated carbocycles. The number of carbonyl (C=O) groups excluding carboxylic acids is 1. The van der Waals surface area contributed by atoms with Gasteiger partial charge in [0.25, 0.3) is 5.91 Å². The Morgan fingerprint density at radius 3 is 3.07 bits per heavy atom. The molecule has 1 aliphatic heterocycles. The average Bonchev–Trinajstić information content (AvgIpc) is 3.26. The molecule has 0 saturated heterocycles. The van der Waals surface area contributed by atoms with Gasteiger partial charge in [0.2, 0.25) is 0 Å². The molecule has 28 heavy (non-hydrogen) atoms. The van der Waals surface area contributed by atoms with Gasteiger partial charge in [0.1, 0.15) is 0 Å². The summed E-state index contributed by atoms with van der Waals surface area (Å²) >= 11 is 0. The first-order valence-corrected chi connectivity index (χ1v) is 9.76. The quantitative estimate of drug-likeness (QED) is 0.616. The van der Waals surface area contributed by atoms with Crippen LogP contribution < -0.4 is 5.32 Å². The number of aromatic amines is 1. The van der Waals surface area contributed by atoms with Gasteiger partial charge in [0, 0.05) is 81.7 Å². The minimum Gasteiger partial charge on any atom is -0.385 e. The Labute approximate surface area is 164 Å². The summed E-state index contributed by atoms with van der Waals surface area (Å²) in [4.78, 5) is 18.4. The molecular weight excluding hydrogens is 354 g/mol. The van der Waals surface area contributed by atoms with Gasteiger partial charge in [-0.15, -0.1) is 0 Å². The van der Waals surface area contributed by atoms with E-state index in [0.717, 1.165) is 49.2 Å². The van der Waals surface area contributed by atoms with E-state index in [9.17, 15) is 4.79 Å². The van der Waals surface area contributed by atoms with E-state index in [1.807, 2.05) is 17.8 Å². The molecule has 0 fully saturated rings. The lowest BCUT2D eigenvalue weighted by Gasteiger charge is -2.27. The molecule has 7 nitrogen and oxygen atoms in total. The highest BCUT2D eigenvalue weighted by Crippen LogP contribution is 2.25. The van der Waals surface area contributed by atoms with Crippen molar-refractivity contribution in [3.8, 4) is 0 Å². The van der Waals surface area contributed by atoms with Gasteiger partial charge in [-0.1, -0.05) is 18.2 Å². The lowest BCUT2D eigenvalue weighted by Crippen LogP contribution is -2.32. The highest BCUT2D eigenvalue weighted by Gasteiger charge is 2.27. The van der Waals surface area contributed by atoms with Gasteiger partial charge in [-0.2, -0.15) is 5.10 Å². The van der Waals surface area contributed by atoms with Crippen LogP contribution in [-0.4, -0.2) is 52.4 Å². The van der Waals surface area contributed by atoms with Gasteiger partial charge in [-0.05, 0) is 18.1 Å². The molecule has 0 atom stereocenters. The van der Waals surface area contributed by atoms with E-state index >= 15 is 0 Å². The minimum atomic E-state index is -0.0955. The number of nitrogens with one attached hydrogen (secondary N) is 2. The van der Waals surface area contributed by atoms with Crippen molar-refractivity contribution in [2.45, 2.75) is 25.9 Å². The molecule has 0 aliphatic carbocycles. The summed E-state index contributed by atoms with van der Waals surface area (Å²) in [6.45, 7) is 3.79. The van der Waals surface area contributed by atoms with E-state index in [2.05, 4.69) is 44.7 Å². The number of nitrogens with zero attached hydrogens (tertiary/aromatic N) is 3. The third-order valence-electron chi connectivity index (χ3n) is 5.42. The Bertz CT molecular complexity index is 974. The molecule has 4 rings (SSSR count). The topological polar surface area (TPSA) is 75.2 Å². The van der Waals surface area contributed by atoms with Crippen molar-refractivity contribution >= 4 is 16.8 Å². The van der Waals surface area contributed by atoms with Crippen LogP contribution in [0.15, 0.2) is 30.5 Å². The monoisotopic (exact) mass is 381 g/mol. The van der Waals surface area contributed by atoms with Gasteiger partial charge in [0.15, 0.2) is 5.69 Å². The van der Waals surface area contributed by atoms with Crippen molar-refractivity contribution in [2.75, 3.05) is 26.8 Å². The Kier molecular flexibility index (Phi) is 5.45. The van der Waals surface area contributed by atoms with Gasteiger partial charge >= 0.3 is 0 Å². The molecule has 1 aliphatic rings. The Hall–Kier alpha value is -2.64. The van der Waals surface area contributed by atoms with E-state index in [4.69, 9.17) is 4.74 Å². The standard InChI is InChI=1S/C21H27N5O2/c1-25-19-8-10-26(13-15-12-23-18-7-4-3-6-16(15)18)14-17(19)20(24-25)21(27)22-9-5-11-28-2/h3-4,6-7,12,23H,5,8-11,13-14H2,1-2H3,(H,22,27). The number of para-hydroxylation sites is 1. The van der Waals surface area contributed by atoms with Crippen molar-refractivity contribution in [1.82, 2.24) is 25.0 Å². The molecule has 3 heterocycles. The summed E-state index contributed by atoms with van der Waals surface area (Å²) in [6, 6.07) is 8.36.